The molecule has 0 amide bonds. The molecular formula is C36H56O4. The predicted molar refractivity (Wildman–Crippen MR) is 170 cm³/mol. The first-order chi connectivity index (χ1) is 18.5. The second kappa shape index (κ2) is 16.6. The highest BCUT2D eigenvalue weighted by atomic mass is 16.6. The van der Waals surface area contributed by atoms with Gasteiger partial charge in [0.1, 0.15) is 18.5 Å². The van der Waals surface area contributed by atoms with E-state index in [1.54, 1.807) is 0 Å². The minimum absolute atomic E-state index is 0. The van der Waals surface area contributed by atoms with Gasteiger partial charge in [-0.1, -0.05) is 103 Å². The first-order valence-electron chi connectivity index (χ1n) is 15.0. The lowest BCUT2D eigenvalue weighted by Crippen LogP contribution is -2.26. The first-order valence-corrected chi connectivity index (χ1v) is 15.0. The molecule has 0 aliphatic rings. The van der Waals surface area contributed by atoms with Crippen LogP contribution in [0.1, 0.15) is 128 Å². The Morgan fingerprint density at radius 2 is 1.55 bits per heavy atom. The van der Waals surface area contributed by atoms with E-state index in [-0.39, 0.29) is 24.9 Å². The number of hydrogen-bond acceptors (Lipinski definition) is 4. The minimum atomic E-state index is -0.743. The van der Waals surface area contributed by atoms with E-state index < -0.39 is 5.60 Å². The molecule has 2 unspecified atom stereocenters. The fraction of sp³-hybridized carbons (Fsp3) is 0.583. The summed E-state index contributed by atoms with van der Waals surface area (Å²) in [7, 11) is 0. The number of aryl methyl sites for hydroxylation is 2. The molecule has 4 heteroatoms. The maximum absolute atomic E-state index is 11.2. The zero-order valence-corrected chi connectivity index (χ0v) is 25.7. The van der Waals surface area contributed by atoms with Crippen LogP contribution in [0, 0.1) is 13.8 Å². The van der Waals surface area contributed by atoms with Gasteiger partial charge in [0.05, 0.1) is 5.60 Å². The van der Waals surface area contributed by atoms with Crippen molar-refractivity contribution in [1.82, 2.24) is 0 Å². The lowest BCUT2D eigenvalue weighted by molar-refractivity contribution is -0.146. The highest BCUT2D eigenvalue weighted by Crippen LogP contribution is 2.41. The van der Waals surface area contributed by atoms with Crippen molar-refractivity contribution >= 4 is 12.0 Å². The molecule has 0 spiro atoms. The van der Waals surface area contributed by atoms with E-state index >= 15 is 0 Å². The summed E-state index contributed by atoms with van der Waals surface area (Å²) in [5, 5.41) is 11.1. The second-order valence-corrected chi connectivity index (χ2v) is 11.2. The molecule has 0 aliphatic carbocycles. The van der Waals surface area contributed by atoms with Crippen LogP contribution in [0.15, 0.2) is 42.5 Å². The van der Waals surface area contributed by atoms with Crippen LogP contribution >= 0.6 is 0 Å². The smallest absolute Gasteiger partial charge is 0.303 e. The maximum atomic E-state index is 11.2. The van der Waals surface area contributed by atoms with Crippen molar-refractivity contribution in [3.8, 4) is 5.75 Å². The largest absolute Gasteiger partial charge is 0.489 e. The van der Waals surface area contributed by atoms with Crippen LogP contribution in [-0.4, -0.2) is 29.4 Å². The molecule has 224 valence electrons. The SMILES string of the molecule is C.CCCCCCC(O)(/C=C/c1ccc(C(CC)(CC)c2ccc(OCC(C)OC(C)=O)c(C)c2)cc1C)CC. The monoisotopic (exact) mass is 552 g/mol. The fourth-order valence-corrected chi connectivity index (χ4v) is 5.51. The van der Waals surface area contributed by atoms with Crippen LogP contribution in [0.4, 0.5) is 0 Å². The summed E-state index contributed by atoms with van der Waals surface area (Å²) in [4.78, 5) is 11.2. The van der Waals surface area contributed by atoms with Gasteiger partial charge in [0.15, 0.2) is 0 Å². The van der Waals surface area contributed by atoms with E-state index in [1.807, 2.05) is 19.1 Å². The molecule has 0 saturated carbocycles. The third-order valence-electron chi connectivity index (χ3n) is 8.25. The molecule has 0 radical (unpaired) electrons. The summed E-state index contributed by atoms with van der Waals surface area (Å²) in [5.74, 6) is 0.516. The molecule has 2 atom stereocenters. The average molecular weight is 553 g/mol. The summed E-state index contributed by atoms with van der Waals surface area (Å²) < 4.78 is 11.2. The number of carbonyl (C=O) groups is 1. The van der Waals surface area contributed by atoms with Gasteiger partial charge in [-0.25, -0.2) is 0 Å². The zero-order chi connectivity index (χ0) is 29.1. The van der Waals surface area contributed by atoms with Crippen LogP contribution < -0.4 is 4.74 Å². The van der Waals surface area contributed by atoms with Gasteiger partial charge >= 0.3 is 5.97 Å². The summed E-state index contributed by atoms with van der Waals surface area (Å²) in [6.45, 7) is 16.6. The number of unbranched alkanes of at least 4 members (excludes halogenated alkanes) is 3. The Labute approximate surface area is 245 Å². The van der Waals surface area contributed by atoms with Crippen molar-refractivity contribution in [3.05, 3.63) is 70.3 Å². The van der Waals surface area contributed by atoms with Gasteiger partial charge in [0.25, 0.3) is 0 Å². The van der Waals surface area contributed by atoms with Gasteiger partial charge < -0.3 is 14.6 Å². The Kier molecular flexibility index (Phi) is 14.7. The Hall–Kier alpha value is -2.59. The van der Waals surface area contributed by atoms with Crippen LogP contribution in [0.2, 0.25) is 0 Å². The lowest BCUT2D eigenvalue weighted by atomic mass is 9.70. The quantitative estimate of drug-likeness (QED) is 0.166. The molecule has 2 aromatic rings. The van der Waals surface area contributed by atoms with Crippen molar-refractivity contribution in [2.75, 3.05) is 6.61 Å². The molecule has 0 heterocycles. The number of carbonyl (C=O) groups excluding carboxylic acids is 1. The molecule has 0 saturated heterocycles. The van der Waals surface area contributed by atoms with Crippen LogP contribution in [0.5, 0.6) is 5.75 Å². The minimum Gasteiger partial charge on any atom is -0.489 e. The van der Waals surface area contributed by atoms with E-state index in [0.717, 1.165) is 49.0 Å². The predicted octanol–water partition coefficient (Wildman–Crippen LogP) is 9.50. The van der Waals surface area contributed by atoms with Gasteiger partial charge in [0, 0.05) is 12.3 Å². The number of benzene rings is 2. The third kappa shape index (κ3) is 9.51. The number of ether oxygens (including phenoxy) is 2. The Morgan fingerprint density at radius 1 is 0.925 bits per heavy atom. The topological polar surface area (TPSA) is 55.8 Å². The van der Waals surface area contributed by atoms with Crippen molar-refractivity contribution in [2.45, 2.75) is 131 Å². The van der Waals surface area contributed by atoms with Crippen molar-refractivity contribution in [3.63, 3.8) is 0 Å². The summed E-state index contributed by atoms with van der Waals surface area (Å²) in [6, 6.07) is 13.2. The van der Waals surface area contributed by atoms with Crippen molar-refractivity contribution in [1.29, 1.82) is 0 Å². The molecule has 0 fully saturated rings. The number of rotatable bonds is 16. The van der Waals surface area contributed by atoms with E-state index in [0.29, 0.717) is 6.61 Å². The highest BCUT2D eigenvalue weighted by molar-refractivity contribution is 5.66. The van der Waals surface area contributed by atoms with Gasteiger partial charge in [-0.15, -0.1) is 0 Å². The number of esters is 1. The van der Waals surface area contributed by atoms with Gasteiger partial charge in [-0.05, 0) is 80.3 Å². The van der Waals surface area contributed by atoms with Crippen LogP contribution in [-0.2, 0) is 14.9 Å². The van der Waals surface area contributed by atoms with E-state index in [2.05, 4.69) is 78.0 Å². The van der Waals surface area contributed by atoms with Crippen molar-refractivity contribution < 1.29 is 19.4 Å². The van der Waals surface area contributed by atoms with Gasteiger partial charge in [0.2, 0.25) is 0 Å². The Bertz CT molecular complexity index is 1080. The Balaban J connectivity index is 0.00000800. The lowest BCUT2D eigenvalue weighted by Gasteiger charge is -2.34. The summed E-state index contributed by atoms with van der Waals surface area (Å²) >= 11 is 0. The second-order valence-electron chi connectivity index (χ2n) is 11.2. The molecule has 1 N–H and O–H groups in total. The van der Waals surface area contributed by atoms with Crippen LogP contribution in [0.25, 0.3) is 6.08 Å². The van der Waals surface area contributed by atoms with E-state index in [9.17, 15) is 9.90 Å². The van der Waals surface area contributed by atoms with Gasteiger partial charge in [-0.3, -0.25) is 4.79 Å². The zero-order valence-electron chi connectivity index (χ0n) is 25.7. The van der Waals surface area contributed by atoms with E-state index in [4.69, 9.17) is 9.47 Å². The molecular weight excluding hydrogens is 496 g/mol. The fourth-order valence-electron chi connectivity index (χ4n) is 5.51. The number of hydrogen-bond donors (Lipinski definition) is 1. The summed E-state index contributed by atoms with van der Waals surface area (Å²) in [6.07, 6.45) is 12.0. The maximum Gasteiger partial charge on any atom is 0.303 e. The summed E-state index contributed by atoms with van der Waals surface area (Å²) in [5.41, 5.74) is 5.18. The standard InChI is InChI=1S/C35H52O4.CH4/c1-9-13-14-15-21-34(37,10-2)22-20-30-16-17-31(23-26(30)5)35(11-3,12-4)32-18-19-33(27(6)24-32)38-25-28(7)39-29(8)36;/h16-20,22-24,28,37H,9-15,21,25H2,1-8H3;1H4/b22-20+;. The Morgan fingerprint density at radius 3 is 2.08 bits per heavy atom. The van der Waals surface area contributed by atoms with E-state index in [1.165, 1.54) is 42.9 Å². The molecule has 0 aliphatic heterocycles. The van der Waals surface area contributed by atoms with Crippen molar-refractivity contribution in [2.24, 2.45) is 0 Å². The van der Waals surface area contributed by atoms with Crippen LogP contribution in [0.3, 0.4) is 0 Å². The molecule has 0 bridgehead atoms. The van der Waals surface area contributed by atoms with Gasteiger partial charge in [-0.2, -0.15) is 0 Å². The molecule has 2 aromatic carbocycles. The molecule has 2 rings (SSSR count). The number of aliphatic hydroxyl groups is 1. The average Bonchev–Trinajstić information content (AvgIpc) is 2.91. The normalized spacial score (nSPS) is 13.9. The molecule has 40 heavy (non-hydrogen) atoms. The third-order valence-corrected chi connectivity index (χ3v) is 8.25. The highest BCUT2D eigenvalue weighted by Gasteiger charge is 2.31. The molecule has 4 nitrogen and oxygen atoms in total. The first kappa shape index (κ1) is 35.4. The molecule has 0 aromatic heterocycles.